The van der Waals surface area contributed by atoms with E-state index in [1.165, 1.54) is 12.4 Å². The van der Waals surface area contributed by atoms with Gasteiger partial charge in [0.2, 0.25) is 0 Å². The number of nitrogens with one attached hydrogen (secondary N) is 3. The minimum Gasteiger partial charge on any atom is -0.445 e. The number of imidazole rings is 1. The highest BCUT2D eigenvalue weighted by Gasteiger charge is 2.48. The van der Waals surface area contributed by atoms with Gasteiger partial charge in [0.1, 0.15) is 17.3 Å². The summed E-state index contributed by atoms with van der Waals surface area (Å²) < 4.78 is 33.3. The molecule has 39 heavy (non-hydrogen) atoms. The summed E-state index contributed by atoms with van der Waals surface area (Å²) in [4.78, 5) is 21.9. The summed E-state index contributed by atoms with van der Waals surface area (Å²) >= 11 is 0. The molecule has 0 saturated heterocycles. The van der Waals surface area contributed by atoms with Crippen molar-refractivity contribution in [3.63, 3.8) is 0 Å². The van der Waals surface area contributed by atoms with Crippen LogP contribution in [0.4, 0.5) is 22.2 Å². The SMILES string of the molecule is CC1CC(C(C)(C)C)C(OC(=O)Nc2n[nH]c(-c3ncn4c3Nc3ccccc3S4(=O)=O)n2)C(C(C)(C)C)C1. The number of aromatic amines is 1. The van der Waals surface area contributed by atoms with Crippen LogP contribution < -0.4 is 10.6 Å². The summed E-state index contributed by atoms with van der Waals surface area (Å²) in [6.45, 7) is 15.5. The van der Waals surface area contributed by atoms with Crippen LogP contribution in [-0.4, -0.2) is 44.8 Å². The molecule has 1 aliphatic carbocycles. The highest BCUT2D eigenvalue weighted by atomic mass is 32.2. The highest BCUT2D eigenvalue weighted by molar-refractivity contribution is 7.90. The fourth-order valence-corrected chi connectivity index (χ4v) is 7.27. The van der Waals surface area contributed by atoms with Crippen LogP contribution in [0.25, 0.3) is 11.5 Å². The summed E-state index contributed by atoms with van der Waals surface area (Å²) in [6.07, 6.45) is 2.32. The maximum Gasteiger partial charge on any atom is 0.414 e. The van der Waals surface area contributed by atoms with Gasteiger partial charge in [0, 0.05) is 11.8 Å². The van der Waals surface area contributed by atoms with Crippen LogP contribution in [0, 0.1) is 28.6 Å². The number of aromatic nitrogens is 5. The number of fused-ring (bicyclic) bond motifs is 2. The summed E-state index contributed by atoms with van der Waals surface area (Å²) in [5, 5.41) is 12.6. The van der Waals surface area contributed by atoms with Crippen LogP contribution in [0.15, 0.2) is 35.5 Å². The second kappa shape index (κ2) is 9.35. The molecule has 2 aromatic heterocycles. The molecule has 0 radical (unpaired) electrons. The van der Waals surface area contributed by atoms with Gasteiger partial charge in [-0.3, -0.25) is 10.4 Å². The zero-order valence-electron chi connectivity index (χ0n) is 23.4. The third-order valence-corrected chi connectivity index (χ3v) is 9.62. The molecule has 1 fully saturated rings. The number of para-hydroxylation sites is 1. The van der Waals surface area contributed by atoms with Crippen LogP contribution in [-0.2, 0) is 14.8 Å². The Labute approximate surface area is 229 Å². The van der Waals surface area contributed by atoms with Gasteiger partial charge in [-0.2, -0.15) is 4.98 Å². The van der Waals surface area contributed by atoms with E-state index in [2.05, 4.69) is 79.3 Å². The first-order chi connectivity index (χ1) is 18.2. The molecule has 3 heterocycles. The number of H-pyrrole nitrogens is 1. The molecule has 2 atom stereocenters. The second-order valence-corrected chi connectivity index (χ2v) is 14.7. The van der Waals surface area contributed by atoms with E-state index in [-0.39, 0.29) is 56.9 Å². The van der Waals surface area contributed by atoms with Gasteiger partial charge < -0.3 is 10.1 Å². The van der Waals surface area contributed by atoms with Crippen molar-refractivity contribution in [2.24, 2.45) is 28.6 Å². The van der Waals surface area contributed by atoms with E-state index >= 15 is 0 Å². The quantitative estimate of drug-likeness (QED) is 0.295. The third-order valence-electron chi connectivity index (χ3n) is 7.91. The number of ether oxygens (including phenoxy) is 1. The molecule has 3 N–H and O–H groups in total. The van der Waals surface area contributed by atoms with E-state index in [9.17, 15) is 13.2 Å². The number of carbonyl (C=O) groups excluding carboxylic acids is 1. The van der Waals surface area contributed by atoms with Crippen LogP contribution >= 0.6 is 0 Å². The molecule has 5 rings (SSSR count). The Morgan fingerprint density at radius 2 is 1.72 bits per heavy atom. The fourth-order valence-electron chi connectivity index (χ4n) is 5.87. The van der Waals surface area contributed by atoms with Gasteiger partial charge in [-0.25, -0.2) is 22.2 Å². The van der Waals surface area contributed by atoms with Gasteiger partial charge in [-0.1, -0.05) is 60.6 Å². The topological polar surface area (TPSA) is 144 Å². The zero-order chi connectivity index (χ0) is 28.3. The first-order valence-corrected chi connectivity index (χ1v) is 14.7. The number of hydrogen-bond acceptors (Lipinski definition) is 8. The van der Waals surface area contributed by atoms with Gasteiger partial charge in [0.25, 0.3) is 16.0 Å². The fraction of sp³-hybridized carbons (Fsp3) is 0.556. The van der Waals surface area contributed by atoms with Crippen LogP contribution in [0.3, 0.4) is 0 Å². The van der Waals surface area contributed by atoms with Crippen molar-refractivity contribution in [2.75, 3.05) is 10.6 Å². The Morgan fingerprint density at radius 3 is 2.36 bits per heavy atom. The summed E-state index contributed by atoms with van der Waals surface area (Å²) in [6, 6.07) is 6.62. The molecule has 210 valence electrons. The van der Waals surface area contributed by atoms with Crippen molar-refractivity contribution in [1.29, 1.82) is 0 Å². The minimum absolute atomic E-state index is 0.0135. The Balaban J connectivity index is 1.36. The molecular formula is C27H37N7O4S. The molecule has 1 amide bonds. The maximum atomic E-state index is 13.1. The van der Waals surface area contributed by atoms with Crippen LogP contribution in [0.2, 0.25) is 0 Å². The van der Waals surface area contributed by atoms with Crippen molar-refractivity contribution in [2.45, 2.75) is 72.3 Å². The molecule has 12 heteroatoms. The Morgan fingerprint density at radius 1 is 1.08 bits per heavy atom. The molecule has 0 bridgehead atoms. The van der Waals surface area contributed by atoms with E-state index in [1.54, 1.807) is 18.2 Å². The lowest BCUT2D eigenvalue weighted by Crippen LogP contribution is -2.49. The minimum atomic E-state index is -3.82. The predicted octanol–water partition coefficient (Wildman–Crippen LogP) is 5.63. The highest BCUT2D eigenvalue weighted by Crippen LogP contribution is 2.49. The molecule has 2 aliphatic rings. The van der Waals surface area contributed by atoms with Crippen LogP contribution in [0.5, 0.6) is 0 Å². The Bertz CT molecular complexity index is 1470. The summed E-state index contributed by atoms with van der Waals surface area (Å²) in [5.41, 5.74) is 0.626. The van der Waals surface area contributed by atoms with E-state index in [0.29, 0.717) is 11.6 Å². The lowest BCUT2D eigenvalue weighted by Gasteiger charge is -2.50. The maximum absolute atomic E-state index is 13.1. The lowest BCUT2D eigenvalue weighted by molar-refractivity contribution is -0.0830. The number of benzene rings is 1. The van der Waals surface area contributed by atoms with Crippen molar-refractivity contribution in [3.05, 3.63) is 30.6 Å². The average molecular weight is 556 g/mol. The number of nitrogens with zero attached hydrogens (tertiary/aromatic N) is 4. The molecule has 1 saturated carbocycles. The van der Waals surface area contributed by atoms with Crippen molar-refractivity contribution in [1.82, 2.24) is 24.1 Å². The number of hydrogen-bond donors (Lipinski definition) is 3. The molecule has 3 aromatic rings. The number of carbonyl (C=O) groups is 1. The molecule has 2 unspecified atom stereocenters. The number of rotatable bonds is 3. The number of anilines is 3. The average Bonchev–Trinajstić information content (AvgIpc) is 3.46. The molecule has 1 aromatic carbocycles. The standard InChI is InChI=1S/C27H37N7O4S/c1-15-12-16(26(2,3)4)21(17(13-15)27(5,6)7)38-25(35)31-24-30-22(32-33-24)20-23-29-18-10-8-9-11-19(18)39(36,37)34(23)14-28-20/h8-11,14-17,21,29H,12-13H2,1-7H3,(H2,30,31,32,33,35). The Kier molecular flexibility index (Phi) is 6.52. The van der Waals surface area contributed by atoms with E-state index in [4.69, 9.17) is 4.74 Å². The van der Waals surface area contributed by atoms with Crippen molar-refractivity contribution in [3.8, 4) is 11.5 Å². The lowest BCUT2D eigenvalue weighted by atomic mass is 9.59. The second-order valence-electron chi connectivity index (χ2n) is 12.9. The molecular weight excluding hydrogens is 518 g/mol. The first kappa shape index (κ1) is 27.2. The van der Waals surface area contributed by atoms with E-state index in [1.807, 2.05) is 0 Å². The van der Waals surface area contributed by atoms with Crippen molar-refractivity contribution < 1.29 is 17.9 Å². The predicted molar refractivity (Wildman–Crippen MR) is 148 cm³/mol. The normalized spacial score (nSPS) is 24.3. The summed E-state index contributed by atoms with van der Waals surface area (Å²) in [7, 11) is -3.82. The molecule has 0 spiro atoms. The van der Waals surface area contributed by atoms with Gasteiger partial charge in [0.15, 0.2) is 17.3 Å². The van der Waals surface area contributed by atoms with Crippen LogP contribution in [0.1, 0.15) is 61.3 Å². The van der Waals surface area contributed by atoms with Gasteiger partial charge in [0.05, 0.1) is 5.69 Å². The molecule has 11 nitrogen and oxygen atoms in total. The van der Waals surface area contributed by atoms with Gasteiger partial charge in [-0.05, 0) is 41.7 Å². The third kappa shape index (κ3) is 5.02. The smallest absolute Gasteiger partial charge is 0.414 e. The number of amides is 1. The van der Waals surface area contributed by atoms with E-state index in [0.717, 1.165) is 16.8 Å². The van der Waals surface area contributed by atoms with Crippen molar-refractivity contribution >= 4 is 33.6 Å². The first-order valence-electron chi connectivity index (χ1n) is 13.3. The van der Waals surface area contributed by atoms with E-state index < -0.39 is 16.1 Å². The largest absolute Gasteiger partial charge is 0.445 e. The zero-order valence-corrected chi connectivity index (χ0v) is 24.3. The monoisotopic (exact) mass is 555 g/mol. The Hall–Kier alpha value is -3.41. The van der Waals surface area contributed by atoms with Gasteiger partial charge in [-0.15, -0.1) is 5.10 Å². The van der Waals surface area contributed by atoms with Gasteiger partial charge >= 0.3 is 6.09 Å². The summed E-state index contributed by atoms with van der Waals surface area (Å²) in [5.74, 6) is 1.39. The molecule has 1 aliphatic heterocycles.